The number of nitrogens with zero attached hydrogens (tertiary/aromatic N) is 2. The first-order chi connectivity index (χ1) is 14.6. The van der Waals surface area contributed by atoms with Gasteiger partial charge in [0.15, 0.2) is 6.61 Å². The Balaban J connectivity index is 1.73. The molecule has 1 heterocycles. The number of ether oxygens (including phenoxy) is 1. The average molecular weight is 444 g/mol. The third-order valence-corrected chi connectivity index (χ3v) is 5.41. The van der Waals surface area contributed by atoms with Crippen LogP contribution in [0.3, 0.4) is 0 Å². The van der Waals surface area contributed by atoms with E-state index in [1.165, 1.54) is 11.9 Å². The molecule has 0 aromatic heterocycles. The fourth-order valence-corrected chi connectivity index (χ4v) is 3.87. The van der Waals surface area contributed by atoms with E-state index >= 15 is 0 Å². The van der Waals surface area contributed by atoms with Gasteiger partial charge in [-0.25, -0.2) is 0 Å². The first-order valence-electron chi connectivity index (χ1n) is 10.6. The Labute approximate surface area is 181 Å². The fourth-order valence-electron chi connectivity index (χ4n) is 3.87. The average Bonchev–Trinajstić information content (AvgIpc) is 2.68. The summed E-state index contributed by atoms with van der Waals surface area (Å²) in [7, 11) is 1.39. The largest absolute Gasteiger partial charge is 0.484 e. The van der Waals surface area contributed by atoms with Gasteiger partial charge in [0.25, 0.3) is 11.8 Å². The van der Waals surface area contributed by atoms with Crippen LogP contribution in [0.15, 0.2) is 24.3 Å². The van der Waals surface area contributed by atoms with Gasteiger partial charge in [-0.1, -0.05) is 0 Å². The van der Waals surface area contributed by atoms with Crippen molar-refractivity contribution in [2.24, 2.45) is 0 Å². The predicted octanol–water partition coefficient (Wildman–Crippen LogP) is 3.47. The zero-order valence-electron chi connectivity index (χ0n) is 18.4. The highest BCUT2D eigenvalue weighted by molar-refractivity contribution is 5.94. The molecule has 1 aliphatic rings. The van der Waals surface area contributed by atoms with Gasteiger partial charge in [-0.3, -0.25) is 14.5 Å². The first kappa shape index (κ1) is 25.0. The number of benzene rings is 1. The van der Waals surface area contributed by atoms with Crippen LogP contribution in [0.1, 0.15) is 49.9 Å². The van der Waals surface area contributed by atoms with Gasteiger partial charge < -0.3 is 15.0 Å². The lowest BCUT2D eigenvalue weighted by Crippen LogP contribution is -2.49. The Kier molecular flexibility index (Phi) is 9.15. The topological polar surface area (TPSA) is 61.9 Å². The summed E-state index contributed by atoms with van der Waals surface area (Å²) in [6.45, 7) is 3.59. The van der Waals surface area contributed by atoms with Gasteiger partial charge in [-0.2, -0.15) is 13.2 Å². The van der Waals surface area contributed by atoms with Crippen LogP contribution >= 0.6 is 0 Å². The summed E-state index contributed by atoms with van der Waals surface area (Å²) in [5, 5.41) is 2.69. The van der Waals surface area contributed by atoms with E-state index in [1.54, 1.807) is 24.3 Å². The van der Waals surface area contributed by atoms with Crippen LogP contribution < -0.4 is 10.1 Å². The number of halogens is 3. The number of carbonyl (C=O) groups is 2. The van der Waals surface area contributed by atoms with Crippen molar-refractivity contribution in [3.05, 3.63) is 29.8 Å². The molecule has 1 aromatic rings. The Morgan fingerprint density at radius 2 is 1.77 bits per heavy atom. The molecule has 1 N–H and O–H groups in total. The molecule has 2 atom stereocenters. The molecule has 0 bridgehead atoms. The Morgan fingerprint density at radius 3 is 2.35 bits per heavy atom. The smallest absolute Gasteiger partial charge is 0.401 e. The minimum atomic E-state index is -4.23. The number of piperidine rings is 1. The van der Waals surface area contributed by atoms with E-state index in [4.69, 9.17) is 4.74 Å². The lowest BCUT2D eigenvalue weighted by atomic mass is 9.97. The summed E-state index contributed by atoms with van der Waals surface area (Å²) < 4.78 is 42.4. The molecule has 1 aromatic carbocycles. The normalized spacial score (nSPS) is 19.4. The van der Waals surface area contributed by atoms with E-state index in [1.807, 2.05) is 4.90 Å². The molecule has 1 aliphatic heterocycles. The minimum absolute atomic E-state index is 0.0444. The number of alkyl halides is 3. The van der Waals surface area contributed by atoms with Crippen molar-refractivity contribution < 1.29 is 27.5 Å². The maximum Gasteiger partial charge on any atom is 0.401 e. The van der Waals surface area contributed by atoms with Crippen LogP contribution in [0.25, 0.3) is 0 Å². The second-order valence-electron chi connectivity index (χ2n) is 8.21. The molecule has 2 unspecified atom stereocenters. The monoisotopic (exact) mass is 443 g/mol. The predicted molar refractivity (Wildman–Crippen MR) is 112 cm³/mol. The SMILES string of the molecule is CC1CCCC(C)N1C(=O)COc1ccc(C(=O)NCCCN(C)CC(F)(F)F)cc1. The van der Waals surface area contributed by atoms with Crippen LogP contribution in [0, 0.1) is 0 Å². The van der Waals surface area contributed by atoms with Crippen LogP contribution in [-0.4, -0.2) is 73.2 Å². The maximum absolute atomic E-state index is 12.5. The number of hydrogen-bond acceptors (Lipinski definition) is 4. The van der Waals surface area contributed by atoms with Crippen molar-refractivity contribution in [2.75, 3.05) is 33.3 Å². The summed E-state index contributed by atoms with van der Waals surface area (Å²) in [5.41, 5.74) is 0.417. The zero-order chi connectivity index (χ0) is 23.0. The Hall–Kier alpha value is -2.29. The molecule has 6 nitrogen and oxygen atoms in total. The molecule has 0 radical (unpaired) electrons. The van der Waals surface area contributed by atoms with Crippen molar-refractivity contribution in [3.63, 3.8) is 0 Å². The summed E-state index contributed by atoms with van der Waals surface area (Å²) in [6.07, 6.45) is -0.691. The van der Waals surface area contributed by atoms with Crippen molar-refractivity contribution in [2.45, 2.75) is 57.8 Å². The molecule has 174 valence electrons. The molecule has 1 fully saturated rings. The minimum Gasteiger partial charge on any atom is -0.484 e. The summed E-state index contributed by atoms with van der Waals surface area (Å²) >= 11 is 0. The number of amides is 2. The molecular formula is C22H32F3N3O3. The summed E-state index contributed by atoms with van der Waals surface area (Å²) in [4.78, 5) is 27.7. The first-order valence-corrected chi connectivity index (χ1v) is 10.6. The quantitative estimate of drug-likeness (QED) is 0.594. The summed E-state index contributed by atoms with van der Waals surface area (Å²) in [6, 6.07) is 6.86. The molecular weight excluding hydrogens is 411 g/mol. The molecule has 2 rings (SSSR count). The molecule has 31 heavy (non-hydrogen) atoms. The van der Waals surface area contributed by atoms with Gasteiger partial charge in [0.05, 0.1) is 6.54 Å². The van der Waals surface area contributed by atoms with Gasteiger partial charge in [0.2, 0.25) is 0 Å². The standard InChI is InChI=1S/C22H32F3N3O3/c1-16-6-4-7-17(2)28(16)20(29)14-31-19-10-8-18(9-11-19)21(30)26-12-5-13-27(3)15-22(23,24)25/h8-11,16-17H,4-7,12-15H2,1-3H3,(H,26,30). The molecule has 0 aliphatic carbocycles. The molecule has 9 heteroatoms. The highest BCUT2D eigenvalue weighted by atomic mass is 19.4. The lowest BCUT2D eigenvalue weighted by molar-refractivity contribution is -0.143. The number of carbonyl (C=O) groups excluding carboxylic acids is 2. The number of nitrogens with one attached hydrogen (secondary N) is 1. The maximum atomic E-state index is 12.5. The van der Waals surface area contributed by atoms with Gasteiger partial charge >= 0.3 is 6.18 Å². The Morgan fingerprint density at radius 1 is 1.16 bits per heavy atom. The number of rotatable bonds is 9. The van der Waals surface area contributed by atoms with E-state index < -0.39 is 12.7 Å². The molecule has 1 saturated heterocycles. The molecule has 0 saturated carbocycles. The van der Waals surface area contributed by atoms with E-state index in [0.29, 0.717) is 17.7 Å². The van der Waals surface area contributed by atoms with E-state index in [0.717, 1.165) is 19.3 Å². The van der Waals surface area contributed by atoms with E-state index in [-0.39, 0.29) is 43.6 Å². The molecule has 0 spiro atoms. The fraction of sp³-hybridized carbons (Fsp3) is 0.636. The van der Waals surface area contributed by atoms with Crippen molar-refractivity contribution in [3.8, 4) is 5.75 Å². The Bertz CT molecular complexity index is 715. The second kappa shape index (κ2) is 11.4. The second-order valence-corrected chi connectivity index (χ2v) is 8.21. The van der Waals surface area contributed by atoms with Crippen LogP contribution in [-0.2, 0) is 4.79 Å². The highest BCUT2D eigenvalue weighted by Gasteiger charge is 2.29. The van der Waals surface area contributed by atoms with Crippen LogP contribution in [0.2, 0.25) is 0 Å². The highest BCUT2D eigenvalue weighted by Crippen LogP contribution is 2.23. The van der Waals surface area contributed by atoms with E-state index in [9.17, 15) is 22.8 Å². The zero-order valence-corrected chi connectivity index (χ0v) is 18.4. The van der Waals surface area contributed by atoms with E-state index in [2.05, 4.69) is 19.2 Å². The summed E-state index contributed by atoms with van der Waals surface area (Å²) in [5.74, 6) is 0.144. The van der Waals surface area contributed by atoms with Gasteiger partial charge in [-0.05, 0) is 77.4 Å². The third kappa shape index (κ3) is 8.40. The van der Waals surface area contributed by atoms with Crippen molar-refractivity contribution in [1.82, 2.24) is 15.1 Å². The van der Waals surface area contributed by atoms with Gasteiger partial charge in [0, 0.05) is 24.2 Å². The van der Waals surface area contributed by atoms with Gasteiger partial charge in [-0.15, -0.1) is 0 Å². The molecule has 2 amide bonds. The van der Waals surface area contributed by atoms with Crippen LogP contribution in [0.4, 0.5) is 13.2 Å². The van der Waals surface area contributed by atoms with Crippen molar-refractivity contribution in [1.29, 1.82) is 0 Å². The number of likely N-dealkylation sites (tertiary alicyclic amines) is 1. The number of hydrogen-bond donors (Lipinski definition) is 1. The lowest BCUT2D eigenvalue weighted by Gasteiger charge is -2.38. The van der Waals surface area contributed by atoms with Gasteiger partial charge in [0.1, 0.15) is 5.75 Å². The third-order valence-electron chi connectivity index (χ3n) is 5.41. The van der Waals surface area contributed by atoms with Crippen LogP contribution in [0.5, 0.6) is 5.75 Å². The van der Waals surface area contributed by atoms with Crippen molar-refractivity contribution >= 4 is 11.8 Å².